The lowest BCUT2D eigenvalue weighted by atomic mass is 10.8. The number of hydrogen-bond donors (Lipinski definition) is 1. The highest BCUT2D eigenvalue weighted by atomic mass is 79.9. The second-order valence-electron chi connectivity index (χ2n) is 4.74. The van der Waals surface area contributed by atoms with Crippen molar-refractivity contribution in [1.29, 1.82) is 0 Å². The van der Waals surface area contributed by atoms with E-state index >= 15 is 0 Å². The minimum absolute atomic E-state index is 0.481. The van der Waals surface area contributed by atoms with Crippen molar-refractivity contribution in [3.8, 4) is 0 Å². The molecule has 86 valence electrons. The lowest BCUT2D eigenvalue weighted by Gasteiger charge is -2.15. The molecule has 15 heavy (non-hydrogen) atoms. The molecule has 0 fully saturated rings. The minimum Gasteiger partial charge on any atom is -0.369 e. The van der Waals surface area contributed by atoms with Gasteiger partial charge in [-0.05, 0) is 22.0 Å². The van der Waals surface area contributed by atoms with E-state index in [1.807, 2.05) is 6.20 Å². The second-order valence-corrected chi connectivity index (χ2v) is 11.2. The van der Waals surface area contributed by atoms with E-state index in [0.717, 1.165) is 11.2 Å². The number of anilines is 1. The van der Waals surface area contributed by atoms with Gasteiger partial charge in [-0.2, -0.15) is 0 Å². The second kappa shape index (κ2) is 5.13. The summed E-state index contributed by atoms with van der Waals surface area (Å²) in [6.07, 6.45) is 1.82. The molecule has 0 spiro atoms. The Balaban J connectivity index is 2.29. The number of nitrogens with two attached hydrogens (primary N) is 1. The highest BCUT2D eigenvalue weighted by Gasteiger charge is 2.12. The van der Waals surface area contributed by atoms with Crippen LogP contribution in [0, 0.1) is 0 Å². The first kappa shape index (κ1) is 12.7. The van der Waals surface area contributed by atoms with Crippen molar-refractivity contribution in [3.63, 3.8) is 0 Å². The van der Waals surface area contributed by atoms with Crippen LogP contribution in [0.25, 0.3) is 0 Å². The van der Waals surface area contributed by atoms with Crippen molar-refractivity contribution >= 4 is 30.0 Å². The van der Waals surface area contributed by atoms with Gasteiger partial charge < -0.3 is 10.5 Å². The molecule has 0 aliphatic carbocycles. The third-order valence-electron chi connectivity index (χ3n) is 2.00. The number of hydrogen-bond acceptors (Lipinski definition) is 3. The van der Waals surface area contributed by atoms with Crippen LogP contribution in [0.1, 0.15) is 0 Å². The number of nitrogens with zero attached hydrogens (tertiary/aromatic N) is 2. The van der Waals surface area contributed by atoms with Crippen molar-refractivity contribution in [2.24, 2.45) is 0 Å². The summed E-state index contributed by atoms with van der Waals surface area (Å²) in [6.45, 7) is 8.27. The number of aromatic nitrogens is 2. The summed E-state index contributed by atoms with van der Waals surface area (Å²) in [7, 11) is -0.994. The molecule has 0 radical (unpaired) electrons. The van der Waals surface area contributed by atoms with Crippen molar-refractivity contribution in [2.75, 3.05) is 12.3 Å². The van der Waals surface area contributed by atoms with Crippen molar-refractivity contribution < 1.29 is 4.74 Å². The van der Waals surface area contributed by atoms with Gasteiger partial charge in [0.15, 0.2) is 0 Å². The van der Waals surface area contributed by atoms with Crippen LogP contribution in [0.4, 0.5) is 5.95 Å². The highest BCUT2D eigenvalue weighted by Crippen LogP contribution is 2.12. The van der Waals surface area contributed by atoms with Crippen LogP contribution in [-0.2, 0) is 11.5 Å². The number of ether oxygens (including phenoxy) is 1. The predicted molar refractivity (Wildman–Crippen MR) is 68.4 cm³/mol. The number of imidazole rings is 1. The molecule has 4 nitrogen and oxygen atoms in total. The Hall–Kier alpha value is -0.333. The van der Waals surface area contributed by atoms with Gasteiger partial charge in [-0.3, -0.25) is 4.57 Å². The summed E-state index contributed by atoms with van der Waals surface area (Å²) in [5, 5.41) is 0. The van der Waals surface area contributed by atoms with E-state index < -0.39 is 8.07 Å². The zero-order valence-corrected chi connectivity index (χ0v) is 12.0. The standard InChI is InChI=1S/C9H18BrN3OSi/c1-15(2,3)5-4-14-7-13-6-8(10)12-9(13)11/h6H,4-5,7H2,1-3H3,(H2,11,12). The number of rotatable bonds is 5. The van der Waals surface area contributed by atoms with Crippen LogP contribution < -0.4 is 5.73 Å². The maximum Gasteiger partial charge on any atom is 0.203 e. The van der Waals surface area contributed by atoms with E-state index in [4.69, 9.17) is 10.5 Å². The molecule has 0 saturated carbocycles. The van der Waals surface area contributed by atoms with Crippen LogP contribution in [0.2, 0.25) is 25.7 Å². The van der Waals surface area contributed by atoms with Crippen molar-refractivity contribution in [3.05, 3.63) is 10.8 Å². The topological polar surface area (TPSA) is 53.1 Å². The Bertz CT molecular complexity index is 322. The van der Waals surface area contributed by atoms with Gasteiger partial charge in [-0.15, -0.1) is 0 Å². The molecule has 0 bridgehead atoms. The van der Waals surface area contributed by atoms with E-state index in [0.29, 0.717) is 12.7 Å². The quantitative estimate of drug-likeness (QED) is 0.670. The Morgan fingerprint density at radius 1 is 1.53 bits per heavy atom. The van der Waals surface area contributed by atoms with Crippen molar-refractivity contribution in [2.45, 2.75) is 32.4 Å². The van der Waals surface area contributed by atoms with E-state index in [9.17, 15) is 0 Å². The van der Waals surface area contributed by atoms with Gasteiger partial charge in [0.05, 0.1) is 0 Å². The van der Waals surface area contributed by atoms with Crippen molar-refractivity contribution in [1.82, 2.24) is 9.55 Å². The Labute approximate surface area is 100.0 Å². The first-order valence-corrected chi connectivity index (χ1v) is 9.44. The third kappa shape index (κ3) is 4.81. The van der Waals surface area contributed by atoms with Gasteiger partial charge in [-0.25, -0.2) is 4.98 Å². The number of halogens is 1. The van der Waals surface area contributed by atoms with Crippen LogP contribution in [0.5, 0.6) is 0 Å². The highest BCUT2D eigenvalue weighted by molar-refractivity contribution is 9.10. The molecule has 1 heterocycles. The molecule has 1 rings (SSSR count). The van der Waals surface area contributed by atoms with Gasteiger partial charge >= 0.3 is 0 Å². The maximum atomic E-state index is 5.66. The molecular weight excluding hydrogens is 274 g/mol. The molecule has 0 aliphatic rings. The van der Waals surface area contributed by atoms with Gasteiger partial charge in [0, 0.05) is 20.9 Å². The smallest absolute Gasteiger partial charge is 0.203 e. The Kier molecular flexibility index (Phi) is 4.36. The van der Waals surface area contributed by atoms with Gasteiger partial charge in [0.1, 0.15) is 11.3 Å². The summed E-state index contributed by atoms with van der Waals surface area (Å²) in [5.74, 6) is 0.481. The van der Waals surface area contributed by atoms with Crippen LogP contribution in [0.3, 0.4) is 0 Å². The zero-order chi connectivity index (χ0) is 11.5. The SMILES string of the molecule is C[Si](C)(C)CCOCn1cc(Br)nc1N. The molecule has 0 amide bonds. The first-order valence-electron chi connectivity index (χ1n) is 4.94. The van der Waals surface area contributed by atoms with E-state index in [1.165, 1.54) is 6.04 Å². The first-order chi connectivity index (χ1) is 6.88. The van der Waals surface area contributed by atoms with E-state index in [2.05, 4.69) is 40.6 Å². The fourth-order valence-corrected chi connectivity index (χ4v) is 2.23. The Morgan fingerprint density at radius 2 is 2.20 bits per heavy atom. The summed E-state index contributed by atoms with van der Waals surface area (Å²) in [5.41, 5.74) is 5.66. The van der Waals surface area contributed by atoms with Crippen LogP contribution in [0.15, 0.2) is 10.8 Å². The molecule has 6 heteroatoms. The molecule has 1 aromatic heterocycles. The zero-order valence-electron chi connectivity index (χ0n) is 9.46. The van der Waals surface area contributed by atoms with Gasteiger partial charge in [-0.1, -0.05) is 19.6 Å². The molecule has 0 aliphatic heterocycles. The molecule has 1 aromatic rings. The summed E-state index contributed by atoms with van der Waals surface area (Å²) >= 11 is 3.26. The lowest BCUT2D eigenvalue weighted by molar-refractivity contribution is 0.0886. The maximum absolute atomic E-state index is 5.66. The largest absolute Gasteiger partial charge is 0.369 e. The fraction of sp³-hybridized carbons (Fsp3) is 0.667. The third-order valence-corrected chi connectivity index (χ3v) is 4.09. The summed E-state index contributed by atoms with van der Waals surface area (Å²) < 4.78 is 8.08. The molecule has 0 atom stereocenters. The predicted octanol–water partition coefficient (Wildman–Crippen LogP) is 2.54. The van der Waals surface area contributed by atoms with Crippen LogP contribution in [-0.4, -0.2) is 24.2 Å². The molecule has 0 saturated heterocycles. The summed E-state index contributed by atoms with van der Waals surface area (Å²) in [6, 6.07) is 1.17. The average molecular weight is 292 g/mol. The summed E-state index contributed by atoms with van der Waals surface area (Å²) in [4.78, 5) is 4.02. The normalized spacial score (nSPS) is 12.0. The minimum atomic E-state index is -0.994. The Morgan fingerprint density at radius 3 is 2.67 bits per heavy atom. The molecular formula is C9H18BrN3OSi. The molecule has 0 aromatic carbocycles. The number of nitrogen functional groups attached to an aromatic ring is 1. The van der Waals surface area contributed by atoms with E-state index in [-0.39, 0.29) is 0 Å². The van der Waals surface area contributed by atoms with Crippen LogP contribution >= 0.6 is 15.9 Å². The average Bonchev–Trinajstić information content (AvgIpc) is 2.37. The monoisotopic (exact) mass is 291 g/mol. The van der Waals surface area contributed by atoms with Gasteiger partial charge in [0.25, 0.3) is 0 Å². The fourth-order valence-electron chi connectivity index (χ4n) is 1.04. The van der Waals surface area contributed by atoms with Gasteiger partial charge in [0.2, 0.25) is 5.95 Å². The van der Waals surface area contributed by atoms with E-state index in [1.54, 1.807) is 4.57 Å². The molecule has 0 unspecified atom stereocenters. The molecule has 2 N–H and O–H groups in total. The lowest BCUT2D eigenvalue weighted by Crippen LogP contribution is -2.22.